The van der Waals surface area contributed by atoms with E-state index in [2.05, 4.69) is 29.3 Å². The highest BCUT2D eigenvalue weighted by atomic mass is 16.5. The van der Waals surface area contributed by atoms with Crippen LogP contribution in [0.15, 0.2) is 23.2 Å². The van der Waals surface area contributed by atoms with Gasteiger partial charge in [-0.2, -0.15) is 0 Å². The van der Waals surface area contributed by atoms with Crippen LogP contribution < -0.4 is 20.5 Å². The molecule has 3 N–H and O–H groups in total. The van der Waals surface area contributed by atoms with Gasteiger partial charge in [0, 0.05) is 31.5 Å². The van der Waals surface area contributed by atoms with Gasteiger partial charge in [-0.05, 0) is 56.2 Å². The lowest BCUT2D eigenvalue weighted by atomic mass is 9.69. The predicted octanol–water partition coefficient (Wildman–Crippen LogP) is 3.46. The number of nitrogens with two attached hydrogens (primary N) is 1. The summed E-state index contributed by atoms with van der Waals surface area (Å²) in [4.78, 5) is 18.9. The number of primary amides is 1. The largest absolute Gasteiger partial charge is 0.493 e. The third kappa shape index (κ3) is 5.87. The first-order chi connectivity index (χ1) is 15.5. The van der Waals surface area contributed by atoms with Crippen molar-refractivity contribution in [3.8, 4) is 11.5 Å². The molecule has 178 valence electrons. The number of likely N-dealkylation sites (tertiary alicyclic amines) is 1. The summed E-state index contributed by atoms with van der Waals surface area (Å²) in [5, 5.41) is 3.49. The highest BCUT2D eigenvalue weighted by Crippen LogP contribution is 2.42. The molecule has 0 aromatic heterocycles. The third-order valence-electron chi connectivity index (χ3n) is 6.98. The minimum atomic E-state index is -0.214. The van der Waals surface area contributed by atoms with E-state index in [0.29, 0.717) is 12.3 Å². The Labute approximate surface area is 192 Å². The number of benzene rings is 1. The molecular weight excluding hydrogens is 404 g/mol. The van der Waals surface area contributed by atoms with Gasteiger partial charge in [-0.1, -0.05) is 25.3 Å². The van der Waals surface area contributed by atoms with Gasteiger partial charge in [0.1, 0.15) is 0 Å². The summed E-state index contributed by atoms with van der Waals surface area (Å²) >= 11 is 0. The molecule has 1 saturated carbocycles. The molecule has 0 bridgehead atoms. The number of amides is 1. The zero-order chi connectivity index (χ0) is 23.0. The first-order valence-corrected chi connectivity index (χ1v) is 12.1. The molecule has 1 unspecified atom stereocenters. The van der Waals surface area contributed by atoms with Crippen molar-refractivity contribution in [1.82, 2.24) is 10.2 Å². The molecule has 0 spiro atoms. The van der Waals surface area contributed by atoms with E-state index >= 15 is 0 Å². The second kappa shape index (κ2) is 11.4. The van der Waals surface area contributed by atoms with Gasteiger partial charge in [-0.15, -0.1) is 0 Å². The highest BCUT2D eigenvalue weighted by molar-refractivity contribution is 5.80. The average molecular weight is 445 g/mol. The normalized spacial score (nSPS) is 21.2. The molecule has 1 aliphatic heterocycles. The van der Waals surface area contributed by atoms with Crippen molar-refractivity contribution < 1.29 is 14.3 Å². The van der Waals surface area contributed by atoms with Crippen LogP contribution in [0.4, 0.5) is 0 Å². The van der Waals surface area contributed by atoms with Crippen LogP contribution in [0.2, 0.25) is 0 Å². The Balaban J connectivity index is 1.85. The van der Waals surface area contributed by atoms with Gasteiger partial charge in [-0.25, -0.2) is 0 Å². The van der Waals surface area contributed by atoms with E-state index in [1.807, 2.05) is 6.07 Å². The number of piperidine rings is 1. The van der Waals surface area contributed by atoms with Gasteiger partial charge in [0.05, 0.1) is 20.8 Å². The molecule has 7 heteroatoms. The van der Waals surface area contributed by atoms with Gasteiger partial charge in [0.25, 0.3) is 0 Å². The lowest BCUT2D eigenvalue weighted by molar-refractivity contribution is -0.119. The third-order valence-corrected chi connectivity index (χ3v) is 6.98. The lowest BCUT2D eigenvalue weighted by Crippen LogP contribution is -2.48. The minimum Gasteiger partial charge on any atom is -0.493 e. The Kier molecular flexibility index (Phi) is 8.65. The maximum absolute atomic E-state index is 11.4. The topological polar surface area (TPSA) is 89.2 Å². The first-order valence-electron chi connectivity index (χ1n) is 12.1. The quantitative estimate of drug-likeness (QED) is 0.473. The fourth-order valence-electron chi connectivity index (χ4n) is 5.29. The zero-order valence-corrected chi connectivity index (χ0v) is 20.0. The molecule has 1 saturated heterocycles. The van der Waals surface area contributed by atoms with Crippen LogP contribution in [0.25, 0.3) is 0 Å². The molecular formula is C25H40N4O3. The Hall–Kier alpha value is -2.44. The van der Waals surface area contributed by atoms with Gasteiger partial charge in [0.2, 0.25) is 5.91 Å². The van der Waals surface area contributed by atoms with Crippen LogP contribution in [0, 0.1) is 5.92 Å². The lowest BCUT2D eigenvalue weighted by Gasteiger charge is -2.38. The molecule has 2 fully saturated rings. The molecule has 7 nitrogen and oxygen atoms in total. The summed E-state index contributed by atoms with van der Waals surface area (Å²) in [6.07, 6.45) is 8.50. The molecule has 1 aliphatic carbocycles. The van der Waals surface area contributed by atoms with Gasteiger partial charge in [-0.3, -0.25) is 9.79 Å². The molecule has 1 aromatic rings. The van der Waals surface area contributed by atoms with Crippen molar-refractivity contribution in [2.24, 2.45) is 16.6 Å². The number of nitrogens with zero attached hydrogens (tertiary/aromatic N) is 2. The summed E-state index contributed by atoms with van der Waals surface area (Å²) in [6.45, 7) is 5.45. The second-order valence-corrected chi connectivity index (χ2v) is 9.21. The SMILES string of the molecule is CCNC(=NCC1(c2ccc(OC)c(OC)c2)CCCCC1)N1CCCC(CC(N)=O)C1. The number of ether oxygens (including phenoxy) is 2. The van der Waals surface area contributed by atoms with Crippen molar-refractivity contribution in [2.45, 2.75) is 63.7 Å². The molecule has 1 atom stereocenters. The number of methoxy groups -OCH3 is 2. The van der Waals surface area contributed by atoms with Crippen molar-refractivity contribution in [2.75, 3.05) is 40.4 Å². The summed E-state index contributed by atoms with van der Waals surface area (Å²) in [5.41, 5.74) is 6.74. The number of nitrogens with one attached hydrogen (secondary N) is 1. The van der Waals surface area contributed by atoms with Crippen molar-refractivity contribution in [3.63, 3.8) is 0 Å². The van der Waals surface area contributed by atoms with Crippen LogP contribution in [-0.4, -0.2) is 57.2 Å². The molecule has 1 aromatic carbocycles. The maximum atomic E-state index is 11.4. The van der Waals surface area contributed by atoms with Crippen LogP contribution in [0.5, 0.6) is 11.5 Å². The molecule has 1 heterocycles. The second-order valence-electron chi connectivity index (χ2n) is 9.21. The molecule has 0 radical (unpaired) electrons. The van der Waals surface area contributed by atoms with Crippen molar-refractivity contribution in [3.05, 3.63) is 23.8 Å². The monoisotopic (exact) mass is 444 g/mol. The number of hydrogen-bond donors (Lipinski definition) is 2. The number of guanidine groups is 1. The summed E-state index contributed by atoms with van der Waals surface area (Å²) < 4.78 is 11.1. The van der Waals surface area contributed by atoms with Gasteiger partial charge >= 0.3 is 0 Å². The molecule has 2 aliphatic rings. The standard InChI is InChI=1S/C25H40N4O3/c1-4-27-24(29-14-8-9-19(17-29)15-23(26)30)28-18-25(12-6-5-7-13-25)20-10-11-21(31-2)22(16-20)32-3/h10-11,16,19H,4-9,12-15,17-18H2,1-3H3,(H2,26,30)(H,27,28). The van der Waals surface area contributed by atoms with E-state index in [0.717, 1.165) is 69.3 Å². The fraction of sp³-hybridized carbons (Fsp3) is 0.680. The van der Waals surface area contributed by atoms with Gasteiger partial charge < -0.3 is 25.4 Å². The molecule has 3 rings (SSSR count). The van der Waals surface area contributed by atoms with E-state index in [1.165, 1.54) is 24.8 Å². The molecule has 1 amide bonds. The van der Waals surface area contributed by atoms with Crippen LogP contribution in [-0.2, 0) is 10.2 Å². The van der Waals surface area contributed by atoms with E-state index < -0.39 is 0 Å². The number of carbonyl (C=O) groups excluding carboxylic acids is 1. The van der Waals surface area contributed by atoms with E-state index in [-0.39, 0.29) is 11.3 Å². The number of aliphatic imine (C=N–C) groups is 1. The Morgan fingerprint density at radius 1 is 1.19 bits per heavy atom. The van der Waals surface area contributed by atoms with Crippen LogP contribution in [0.1, 0.15) is 63.9 Å². The number of rotatable bonds is 8. The summed E-state index contributed by atoms with van der Waals surface area (Å²) in [5.74, 6) is 2.57. The average Bonchev–Trinajstić information content (AvgIpc) is 2.81. The van der Waals surface area contributed by atoms with Crippen molar-refractivity contribution >= 4 is 11.9 Å². The highest BCUT2D eigenvalue weighted by Gasteiger charge is 2.35. The predicted molar refractivity (Wildman–Crippen MR) is 128 cm³/mol. The molecule has 32 heavy (non-hydrogen) atoms. The van der Waals surface area contributed by atoms with E-state index in [9.17, 15) is 4.79 Å². The number of carbonyl (C=O) groups is 1. The Morgan fingerprint density at radius 2 is 1.94 bits per heavy atom. The smallest absolute Gasteiger partial charge is 0.217 e. The maximum Gasteiger partial charge on any atom is 0.217 e. The fourth-order valence-corrected chi connectivity index (χ4v) is 5.29. The van der Waals surface area contributed by atoms with E-state index in [4.69, 9.17) is 20.2 Å². The van der Waals surface area contributed by atoms with Crippen LogP contribution >= 0.6 is 0 Å². The zero-order valence-electron chi connectivity index (χ0n) is 20.0. The number of hydrogen-bond acceptors (Lipinski definition) is 4. The first kappa shape index (κ1) is 24.2. The minimum absolute atomic E-state index is 0.000879. The van der Waals surface area contributed by atoms with E-state index in [1.54, 1.807) is 14.2 Å². The summed E-state index contributed by atoms with van der Waals surface area (Å²) in [7, 11) is 3.36. The Bertz CT molecular complexity index is 789. The van der Waals surface area contributed by atoms with Gasteiger partial charge in [0.15, 0.2) is 17.5 Å². The summed E-state index contributed by atoms with van der Waals surface area (Å²) in [6, 6.07) is 6.33. The van der Waals surface area contributed by atoms with Crippen LogP contribution in [0.3, 0.4) is 0 Å². The Morgan fingerprint density at radius 3 is 2.59 bits per heavy atom. The van der Waals surface area contributed by atoms with Crippen molar-refractivity contribution in [1.29, 1.82) is 0 Å².